The van der Waals surface area contributed by atoms with Gasteiger partial charge in [-0.15, -0.1) is 0 Å². The van der Waals surface area contributed by atoms with Crippen LogP contribution in [0.1, 0.15) is 12.8 Å². The van der Waals surface area contributed by atoms with E-state index in [1.807, 2.05) is 32.3 Å². The molecule has 5 heteroatoms. The average Bonchev–Trinajstić information content (AvgIpc) is 3.24. The van der Waals surface area contributed by atoms with Crippen LogP contribution in [0.4, 0.5) is 23.1 Å². The number of nitrogens with zero attached hydrogens (tertiary/aromatic N) is 4. The summed E-state index contributed by atoms with van der Waals surface area (Å²) in [5.41, 5.74) is 4.20. The molecule has 0 radical (unpaired) electrons. The van der Waals surface area contributed by atoms with E-state index < -0.39 is 0 Å². The highest BCUT2D eigenvalue weighted by atomic mass is 15.2. The van der Waals surface area contributed by atoms with Crippen molar-refractivity contribution in [3.05, 3.63) is 60.7 Å². The number of hydrogen-bond donors (Lipinski definition) is 1. The lowest BCUT2D eigenvalue weighted by atomic mass is 10.1. The van der Waals surface area contributed by atoms with Crippen LogP contribution >= 0.6 is 0 Å². The lowest BCUT2D eigenvalue weighted by Gasteiger charge is -2.19. The molecular formula is C22H25N5. The van der Waals surface area contributed by atoms with E-state index in [4.69, 9.17) is 9.97 Å². The van der Waals surface area contributed by atoms with E-state index >= 15 is 0 Å². The molecule has 2 heterocycles. The summed E-state index contributed by atoms with van der Waals surface area (Å²) in [6.07, 6.45) is 2.44. The summed E-state index contributed by atoms with van der Waals surface area (Å²) in [4.78, 5) is 14.0. The van der Waals surface area contributed by atoms with Crippen LogP contribution in [-0.2, 0) is 0 Å². The van der Waals surface area contributed by atoms with Gasteiger partial charge in [-0.1, -0.05) is 30.3 Å². The highest BCUT2D eigenvalue weighted by molar-refractivity contribution is 5.67. The van der Waals surface area contributed by atoms with Crippen molar-refractivity contribution in [1.29, 1.82) is 0 Å². The molecule has 1 aliphatic rings. The predicted molar refractivity (Wildman–Crippen MR) is 113 cm³/mol. The second-order valence-electron chi connectivity index (χ2n) is 7.06. The average molecular weight is 359 g/mol. The Labute approximate surface area is 160 Å². The summed E-state index contributed by atoms with van der Waals surface area (Å²) < 4.78 is 0. The molecule has 0 bridgehead atoms. The zero-order valence-corrected chi connectivity index (χ0v) is 15.9. The van der Waals surface area contributed by atoms with Crippen LogP contribution in [-0.4, -0.2) is 37.2 Å². The molecule has 27 heavy (non-hydrogen) atoms. The number of aromatic nitrogens is 2. The molecule has 1 N–H and O–H groups in total. The van der Waals surface area contributed by atoms with Gasteiger partial charge in [0, 0.05) is 50.2 Å². The van der Waals surface area contributed by atoms with Gasteiger partial charge < -0.3 is 15.1 Å². The van der Waals surface area contributed by atoms with Crippen LogP contribution in [0.15, 0.2) is 60.7 Å². The van der Waals surface area contributed by atoms with Crippen molar-refractivity contribution < 1.29 is 0 Å². The first-order chi connectivity index (χ1) is 13.2. The van der Waals surface area contributed by atoms with Crippen LogP contribution in [0.3, 0.4) is 0 Å². The van der Waals surface area contributed by atoms with Gasteiger partial charge in [-0.05, 0) is 37.1 Å². The van der Waals surface area contributed by atoms with E-state index in [9.17, 15) is 0 Å². The Bertz CT molecular complexity index is 884. The van der Waals surface area contributed by atoms with Gasteiger partial charge in [0.2, 0.25) is 5.95 Å². The fourth-order valence-electron chi connectivity index (χ4n) is 3.33. The maximum atomic E-state index is 4.79. The summed E-state index contributed by atoms with van der Waals surface area (Å²) >= 11 is 0. The second kappa shape index (κ2) is 7.66. The number of hydrogen-bond acceptors (Lipinski definition) is 5. The first-order valence-corrected chi connectivity index (χ1v) is 9.43. The van der Waals surface area contributed by atoms with E-state index in [-0.39, 0.29) is 0 Å². The van der Waals surface area contributed by atoms with E-state index in [0.717, 1.165) is 41.5 Å². The van der Waals surface area contributed by atoms with Crippen LogP contribution < -0.4 is 15.1 Å². The summed E-state index contributed by atoms with van der Waals surface area (Å²) in [7, 11) is 4.08. The summed E-state index contributed by atoms with van der Waals surface area (Å²) in [6, 6.07) is 20.7. The molecular weight excluding hydrogens is 334 g/mol. The molecule has 3 aromatic rings. The summed E-state index contributed by atoms with van der Waals surface area (Å²) in [5, 5.41) is 3.38. The van der Waals surface area contributed by atoms with Crippen molar-refractivity contribution in [2.24, 2.45) is 0 Å². The minimum Gasteiger partial charge on any atom is -0.378 e. The smallest absolute Gasteiger partial charge is 0.229 e. The van der Waals surface area contributed by atoms with E-state index in [0.29, 0.717) is 5.95 Å². The van der Waals surface area contributed by atoms with Gasteiger partial charge >= 0.3 is 0 Å². The quantitative estimate of drug-likeness (QED) is 0.724. The van der Waals surface area contributed by atoms with Gasteiger partial charge in [0.05, 0.1) is 5.69 Å². The molecule has 1 aliphatic heterocycles. The van der Waals surface area contributed by atoms with Gasteiger partial charge in [-0.3, -0.25) is 0 Å². The van der Waals surface area contributed by atoms with E-state index in [2.05, 4.69) is 57.6 Å². The number of anilines is 4. The third-order valence-electron chi connectivity index (χ3n) is 4.85. The second-order valence-corrected chi connectivity index (χ2v) is 7.06. The lowest BCUT2D eigenvalue weighted by molar-refractivity contribution is 0.931. The van der Waals surface area contributed by atoms with Crippen LogP contribution in [0.25, 0.3) is 11.3 Å². The Morgan fingerprint density at radius 2 is 1.59 bits per heavy atom. The maximum Gasteiger partial charge on any atom is 0.229 e. The molecule has 4 rings (SSSR count). The van der Waals surface area contributed by atoms with Crippen molar-refractivity contribution in [1.82, 2.24) is 9.97 Å². The van der Waals surface area contributed by atoms with Crippen molar-refractivity contribution in [2.45, 2.75) is 12.8 Å². The first-order valence-electron chi connectivity index (χ1n) is 9.43. The van der Waals surface area contributed by atoms with E-state index in [1.54, 1.807) is 0 Å². The third-order valence-corrected chi connectivity index (χ3v) is 4.85. The van der Waals surface area contributed by atoms with E-state index in [1.165, 1.54) is 12.8 Å². The predicted octanol–water partition coefficient (Wildman–Crippen LogP) is 4.55. The van der Waals surface area contributed by atoms with Crippen LogP contribution in [0.2, 0.25) is 0 Å². The molecule has 1 fully saturated rings. The van der Waals surface area contributed by atoms with Gasteiger partial charge in [-0.25, -0.2) is 4.98 Å². The van der Waals surface area contributed by atoms with Gasteiger partial charge in [0.15, 0.2) is 0 Å². The molecule has 0 spiro atoms. The molecule has 0 atom stereocenters. The van der Waals surface area contributed by atoms with Crippen LogP contribution in [0.5, 0.6) is 0 Å². The van der Waals surface area contributed by atoms with Crippen molar-refractivity contribution in [3.63, 3.8) is 0 Å². The molecule has 0 unspecified atom stereocenters. The maximum absolute atomic E-state index is 4.79. The van der Waals surface area contributed by atoms with Gasteiger partial charge in [-0.2, -0.15) is 4.98 Å². The monoisotopic (exact) mass is 359 g/mol. The van der Waals surface area contributed by atoms with Crippen LogP contribution in [0, 0.1) is 0 Å². The fraction of sp³-hybridized carbons (Fsp3) is 0.273. The Morgan fingerprint density at radius 1 is 0.889 bits per heavy atom. The molecule has 1 saturated heterocycles. The molecule has 0 saturated carbocycles. The zero-order valence-electron chi connectivity index (χ0n) is 15.9. The molecule has 1 aromatic heterocycles. The summed E-state index contributed by atoms with van der Waals surface area (Å²) in [5.74, 6) is 1.63. The molecule has 138 valence electrons. The largest absolute Gasteiger partial charge is 0.378 e. The SMILES string of the molecule is CN(C)c1ccc(Nc2nc(-c3ccccc3)cc(N3CCCC3)n2)cc1. The normalized spacial score (nSPS) is 13.6. The fourth-order valence-corrected chi connectivity index (χ4v) is 3.33. The standard InChI is InChI=1S/C22H25N5/c1-26(2)19-12-10-18(11-13-19)23-22-24-20(17-8-4-3-5-9-17)16-21(25-22)27-14-6-7-15-27/h3-5,8-13,16H,6-7,14-15H2,1-2H3,(H,23,24,25). The number of rotatable bonds is 5. The molecule has 5 nitrogen and oxygen atoms in total. The number of benzene rings is 2. The minimum absolute atomic E-state index is 0.635. The van der Waals surface area contributed by atoms with Crippen molar-refractivity contribution >= 4 is 23.1 Å². The first kappa shape index (κ1) is 17.3. The van der Waals surface area contributed by atoms with Gasteiger partial charge in [0.1, 0.15) is 5.82 Å². The number of nitrogens with one attached hydrogen (secondary N) is 1. The minimum atomic E-state index is 0.635. The summed E-state index contributed by atoms with van der Waals surface area (Å²) in [6.45, 7) is 2.12. The lowest BCUT2D eigenvalue weighted by Crippen LogP contribution is -2.19. The Kier molecular flexibility index (Phi) is 4.92. The third kappa shape index (κ3) is 4.03. The topological polar surface area (TPSA) is 44.3 Å². The van der Waals surface area contributed by atoms with Gasteiger partial charge in [0.25, 0.3) is 0 Å². The molecule has 0 amide bonds. The molecule has 2 aromatic carbocycles. The zero-order chi connectivity index (χ0) is 18.6. The molecule has 0 aliphatic carbocycles. The Balaban J connectivity index is 1.67. The van der Waals surface area contributed by atoms with Crippen molar-refractivity contribution in [2.75, 3.05) is 42.3 Å². The van der Waals surface area contributed by atoms with Crippen molar-refractivity contribution in [3.8, 4) is 11.3 Å². The highest BCUT2D eigenvalue weighted by Gasteiger charge is 2.16. The highest BCUT2D eigenvalue weighted by Crippen LogP contribution is 2.27. The Hall–Kier alpha value is -3.08. The Morgan fingerprint density at radius 3 is 2.26 bits per heavy atom.